The molecule has 1 atom stereocenters. The van der Waals surface area contributed by atoms with Crippen LogP contribution in [0.2, 0.25) is 0 Å². The molecule has 1 amide bonds. The highest BCUT2D eigenvalue weighted by atomic mass is 32.2. The van der Waals surface area contributed by atoms with E-state index in [4.69, 9.17) is 0 Å². The lowest BCUT2D eigenvalue weighted by atomic mass is 10.1. The SMILES string of the molecule is Cc1ccc(C)c(NC(=O)C(NS(=O)(=O)c2cccc3nsnc23)c2ccccc2)c1. The van der Waals surface area contributed by atoms with Crippen LogP contribution in [-0.2, 0) is 14.8 Å². The summed E-state index contributed by atoms with van der Waals surface area (Å²) >= 11 is 0.938. The molecule has 158 valence electrons. The minimum atomic E-state index is -4.07. The zero-order valence-corrected chi connectivity index (χ0v) is 18.5. The van der Waals surface area contributed by atoms with Crippen molar-refractivity contribution in [2.45, 2.75) is 24.8 Å². The van der Waals surface area contributed by atoms with Crippen molar-refractivity contribution in [1.29, 1.82) is 0 Å². The van der Waals surface area contributed by atoms with Crippen molar-refractivity contribution >= 4 is 44.4 Å². The minimum absolute atomic E-state index is 0.0146. The summed E-state index contributed by atoms with van der Waals surface area (Å²) in [5.74, 6) is -0.480. The van der Waals surface area contributed by atoms with E-state index in [9.17, 15) is 13.2 Å². The number of fused-ring (bicyclic) bond motifs is 1. The van der Waals surface area contributed by atoms with Gasteiger partial charge in [0.25, 0.3) is 0 Å². The van der Waals surface area contributed by atoms with Crippen molar-refractivity contribution in [2.75, 3.05) is 5.32 Å². The molecule has 0 fully saturated rings. The quantitative estimate of drug-likeness (QED) is 0.461. The number of hydrogen-bond acceptors (Lipinski definition) is 6. The van der Waals surface area contributed by atoms with Gasteiger partial charge in [0.05, 0.1) is 11.7 Å². The maximum Gasteiger partial charge on any atom is 0.247 e. The number of aryl methyl sites for hydroxylation is 2. The number of hydrogen-bond donors (Lipinski definition) is 2. The Labute approximate surface area is 184 Å². The number of sulfonamides is 1. The van der Waals surface area contributed by atoms with Gasteiger partial charge in [0.2, 0.25) is 15.9 Å². The molecule has 0 saturated carbocycles. The van der Waals surface area contributed by atoms with Gasteiger partial charge in [-0.1, -0.05) is 48.5 Å². The van der Waals surface area contributed by atoms with Crippen molar-refractivity contribution in [3.05, 3.63) is 83.4 Å². The van der Waals surface area contributed by atoms with Gasteiger partial charge >= 0.3 is 0 Å². The highest BCUT2D eigenvalue weighted by Crippen LogP contribution is 2.25. The van der Waals surface area contributed by atoms with Gasteiger partial charge in [0, 0.05) is 5.69 Å². The Hall–Kier alpha value is -3.14. The smallest absolute Gasteiger partial charge is 0.247 e. The molecule has 2 N–H and O–H groups in total. The van der Waals surface area contributed by atoms with E-state index >= 15 is 0 Å². The predicted molar refractivity (Wildman–Crippen MR) is 121 cm³/mol. The van der Waals surface area contributed by atoms with E-state index in [1.165, 1.54) is 6.07 Å². The van der Waals surface area contributed by atoms with Gasteiger partial charge in [-0.2, -0.15) is 13.5 Å². The number of benzene rings is 3. The maximum atomic E-state index is 13.3. The fourth-order valence-corrected chi connectivity index (χ4v) is 5.16. The Morgan fingerprint density at radius 2 is 1.74 bits per heavy atom. The van der Waals surface area contributed by atoms with Gasteiger partial charge in [-0.25, -0.2) is 8.42 Å². The number of anilines is 1. The summed E-state index contributed by atoms with van der Waals surface area (Å²) in [6.45, 7) is 3.81. The third-order valence-electron chi connectivity index (χ3n) is 4.86. The minimum Gasteiger partial charge on any atom is -0.324 e. The van der Waals surface area contributed by atoms with Crippen molar-refractivity contribution in [3.8, 4) is 0 Å². The standard InChI is InChI=1S/C22H20N4O3S2/c1-14-11-12-15(2)18(13-14)23-22(27)20(16-7-4-3-5-8-16)26-31(28,29)19-10-6-9-17-21(19)25-30-24-17/h3-13,20,26H,1-2H3,(H,23,27). The average Bonchev–Trinajstić information content (AvgIpc) is 3.24. The molecule has 0 saturated heterocycles. The fraction of sp³-hybridized carbons (Fsp3) is 0.136. The molecule has 0 aliphatic rings. The molecule has 1 unspecified atom stereocenters. The first-order valence-electron chi connectivity index (χ1n) is 9.52. The van der Waals surface area contributed by atoms with Crippen LogP contribution in [0.1, 0.15) is 22.7 Å². The summed E-state index contributed by atoms with van der Waals surface area (Å²) in [5, 5.41) is 2.86. The molecule has 3 aromatic carbocycles. The van der Waals surface area contributed by atoms with Crippen LogP contribution in [0.5, 0.6) is 0 Å². The Bertz CT molecular complexity index is 1350. The second-order valence-corrected chi connectivity index (χ2v) is 9.37. The molecular weight excluding hydrogens is 432 g/mol. The van der Waals surface area contributed by atoms with Crippen LogP contribution in [0, 0.1) is 13.8 Å². The van der Waals surface area contributed by atoms with E-state index in [1.54, 1.807) is 42.5 Å². The van der Waals surface area contributed by atoms with Crippen molar-refractivity contribution in [1.82, 2.24) is 13.5 Å². The lowest BCUT2D eigenvalue weighted by Gasteiger charge is -2.20. The summed E-state index contributed by atoms with van der Waals surface area (Å²) in [4.78, 5) is 13.2. The molecular formula is C22H20N4O3S2. The average molecular weight is 453 g/mol. The first kappa shape index (κ1) is 21.1. The largest absolute Gasteiger partial charge is 0.324 e. The first-order valence-corrected chi connectivity index (χ1v) is 11.7. The second-order valence-electron chi connectivity index (χ2n) is 7.16. The topological polar surface area (TPSA) is 101 Å². The van der Waals surface area contributed by atoms with Crippen LogP contribution in [0.4, 0.5) is 5.69 Å². The number of carbonyl (C=O) groups excluding carboxylic acids is 1. The maximum absolute atomic E-state index is 13.3. The van der Waals surface area contributed by atoms with E-state index in [0.29, 0.717) is 16.8 Å². The summed E-state index contributed by atoms with van der Waals surface area (Å²) in [6.07, 6.45) is 0. The molecule has 1 heterocycles. The van der Waals surface area contributed by atoms with E-state index < -0.39 is 22.0 Å². The number of aromatic nitrogens is 2. The molecule has 4 rings (SSSR count). The van der Waals surface area contributed by atoms with E-state index in [0.717, 1.165) is 22.9 Å². The lowest BCUT2D eigenvalue weighted by molar-refractivity contribution is -0.117. The third kappa shape index (κ3) is 4.48. The highest BCUT2D eigenvalue weighted by Gasteiger charge is 2.29. The Morgan fingerprint density at radius 3 is 2.52 bits per heavy atom. The van der Waals surface area contributed by atoms with Crippen molar-refractivity contribution < 1.29 is 13.2 Å². The zero-order chi connectivity index (χ0) is 22.0. The molecule has 0 aliphatic carbocycles. The molecule has 1 aromatic heterocycles. The van der Waals surface area contributed by atoms with Crippen molar-refractivity contribution in [2.24, 2.45) is 0 Å². The van der Waals surface area contributed by atoms with Crippen molar-refractivity contribution in [3.63, 3.8) is 0 Å². The molecule has 7 nitrogen and oxygen atoms in total. The molecule has 0 radical (unpaired) electrons. The van der Waals surface area contributed by atoms with E-state index in [-0.39, 0.29) is 10.4 Å². The monoisotopic (exact) mass is 452 g/mol. The Kier molecular flexibility index (Phi) is 5.81. The van der Waals surface area contributed by atoms with Crippen LogP contribution in [-0.4, -0.2) is 23.1 Å². The van der Waals surface area contributed by atoms with Gasteiger partial charge in [-0.3, -0.25) is 4.79 Å². The molecule has 31 heavy (non-hydrogen) atoms. The number of amides is 1. The number of carbonyl (C=O) groups is 1. The van der Waals surface area contributed by atoms with Crippen LogP contribution in [0.25, 0.3) is 11.0 Å². The summed E-state index contributed by atoms with van der Waals surface area (Å²) < 4.78 is 37.3. The summed E-state index contributed by atoms with van der Waals surface area (Å²) in [5.41, 5.74) is 3.80. The third-order valence-corrected chi connectivity index (χ3v) is 6.85. The number of nitrogens with one attached hydrogen (secondary N) is 2. The van der Waals surface area contributed by atoms with Gasteiger partial charge < -0.3 is 5.32 Å². The van der Waals surface area contributed by atoms with Gasteiger partial charge in [-0.15, -0.1) is 0 Å². The highest BCUT2D eigenvalue weighted by molar-refractivity contribution is 7.89. The Balaban J connectivity index is 1.71. The fourth-order valence-electron chi connectivity index (χ4n) is 3.21. The lowest BCUT2D eigenvalue weighted by Crippen LogP contribution is -2.37. The second kappa shape index (κ2) is 8.54. The number of nitrogens with zero attached hydrogens (tertiary/aromatic N) is 2. The van der Waals surface area contributed by atoms with E-state index in [2.05, 4.69) is 18.8 Å². The molecule has 0 bridgehead atoms. The summed E-state index contributed by atoms with van der Waals surface area (Å²) in [6, 6.07) is 18.1. The zero-order valence-electron chi connectivity index (χ0n) is 16.9. The van der Waals surface area contributed by atoms with Crippen LogP contribution in [0.3, 0.4) is 0 Å². The summed E-state index contributed by atoms with van der Waals surface area (Å²) in [7, 11) is -4.07. The predicted octanol–water partition coefficient (Wildman–Crippen LogP) is 3.97. The van der Waals surface area contributed by atoms with Gasteiger partial charge in [0.15, 0.2) is 0 Å². The van der Waals surface area contributed by atoms with Crippen LogP contribution >= 0.6 is 11.7 Å². The molecule has 9 heteroatoms. The molecule has 0 aliphatic heterocycles. The first-order chi connectivity index (χ1) is 14.8. The van der Waals surface area contributed by atoms with Gasteiger partial charge in [-0.05, 0) is 48.7 Å². The van der Waals surface area contributed by atoms with E-state index in [1.807, 2.05) is 32.0 Å². The van der Waals surface area contributed by atoms with Gasteiger partial charge in [0.1, 0.15) is 22.0 Å². The molecule has 4 aromatic rings. The molecule has 0 spiro atoms. The number of rotatable bonds is 6. The van der Waals surface area contributed by atoms with Crippen LogP contribution < -0.4 is 10.0 Å². The Morgan fingerprint density at radius 1 is 0.968 bits per heavy atom. The normalized spacial score (nSPS) is 12.6. The van der Waals surface area contributed by atoms with Crippen LogP contribution in [0.15, 0.2) is 71.6 Å².